The zero-order valence-corrected chi connectivity index (χ0v) is 8.60. The smallest absolute Gasteiger partial charge is 0.256 e. The topological polar surface area (TPSA) is 36.7 Å². The number of hydrogen-bond donors (Lipinski definition) is 0. The van der Waals surface area contributed by atoms with Gasteiger partial charge in [-0.15, -0.1) is 0 Å². The maximum atomic E-state index is 12.7. The van der Waals surface area contributed by atoms with Gasteiger partial charge in [0.25, 0.3) is 0 Å². The Kier molecular flexibility index (Phi) is 2.38. The van der Waals surface area contributed by atoms with Gasteiger partial charge in [-0.2, -0.15) is 18.4 Å². The van der Waals surface area contributed by atoms with Crippen molar-refractivity contribution in [1.82, 2.24) is 4.98 Å². The Balaban J connectivity index is 2.64. The molecule has 1 aliphatic carbocycles. The lowest BCUT2D eigenvalue weighted by molar-refractivity contribution is -0.137. The van der Waals surface area contributed by atoms with Crippen LogP contribution in [0.2, 0.25) is 0 Å². The summed E-state index contributed by atoms with van der Waals surface area (Å²) in [5, 5.41) is 8.84. The summed E-state index contributed by atoms with van der Waals surface area (Å²) < 4.78 is 38.1. The van der Waals surface area contributed by atoms with E-state index in [-0.39, 0.29) is 11.5 Å². The van der Waals surface area contributed by atoms with Crippen molar-refractivity contribution in [3.8, 4) is 6.07 Å². The molecule has 0 unspecified atom stereocenters. The molecule has 1 aliphatic rings. The summed E-state index contributed by atoms with van der Waals surface area (Å²) in [4.78, 5) is 4.06. The van der Waals surface area contributed by atoms with E-state index in [1.807, 2.05) is 0 Å². The van der Waals surface area contributed by atoms with E-state index in [0.717, 1.165) is 18.9 Å². The summed E-state index contributed by atoms with van der Waals surface area (Å²) in [5.74, 6) is 0.0376. The lowest BCUT2D eigenvalue weighted by Gasteiger charge is -2.12. The Morgan fingerprint density at radius 1 is 1.44 bits per heavy atom. The second kappa shape index (κ2) is 3.48. The van der Waals surface area contributed by atoms with Crippen molar-refractivity contribution in [1.29, 1.82) is 5.26 Å². The van der Waals surface area contributed by atoms with Crippen molar-refractivity contribution in [3.05, 3.63) is 28.6 Å². The molecule has 0 aliphatic heterocycles. The van der Waals surface area contributed by atoms with Gasteiger partial charge >= 0.3 is 6.18 Å². The number of nitriles is 1. The first-order chi connectivity index (χ1) is 7.43. The first kappa shape index (κ1) is 10.9. The summed E-state index contributed by atoms with van der Waals surface area (Å²) >= 11 is 0. The molecule has 0 aromatic carbocycles. The predicted molar refractivity (Wildman–Crippen MR) is 50.7 cm³/mol. The summed E-state index contributed by atoms with van der Waals surface area (Å²) in [6, 6.07) is 2.57. The fourth-order valence-corrected chi connectivity index (χ4v) is 1.69. The summed E-state index contributed by atoms with van der Waals surface area (Å²) in [6.45, 7) is 1.52. The molecule has 1 aromatic rings. The summed E-state index contributed by atoms with van der Waals surface area (Å²) in [5.41, 5.74) is -0.534. The molecule has 0 amide bonds. The van der Waals surface area contributed by atoms with Gasteiger partial charge in [0.1, 0.15) is 6.07 Å². The lowest BCUT2D eigenvalue weighted by Crippen LogP contribution is -2.11. The van der Waals surface area contributed by atoms with Crippen molar-refractivity contribution in [2.24, 2.45) is 0 Å². The molecular formula is C11H9F3N2. The molecule has 1 aromatic heterocycles. The third kappa shape index (κ3) is 1.87. The van der Waals surface area contributed by atoms with Crippen molar-refractivity contribution >= 4 is 0 Å². The van der Waals surface area contributed by atoms with Crippen LogP contribution in [0.15, 0.2) is 6.07 Å². The van der Waals surface area contributed by atoms with Gasteiger partial charge in [-0.25, -0.2) is 0 Å². The average molecular weight is 226 g/mol. The molecule has 1 saturated carbocycles. The van der Waals surface area contributed by atoms with E-state index in [9.17, 15) is 13.2 Å². The highest BCUT2D eigenvalue weighted by atomic mass is 19.4. The molecule has 0 spiro atoms. The monoisotopic (exact) mass is 226 g/mol. The first-order valence-corrected chi connectivity index (χ1v) is 4.92. The minimum atomic E-state index is -4.48. The van der Waals surface area contributed by atoms with Gasteiger partial charge in [-0.3, -0.25) is 4.98 Å². The average Bonchev–Trinajstić information content (AvgIpc) is 2.98. The Morgan fingerprint density at radius 3 is 2.50 bits per heavy atom. The van der Waals surface area contributed by atoms with Crippen LogP contribution in [0.1, 0.15) is 41.3 Å². The van der Waals surface area contributed by atoms with Gasteiger partial charge < -0.3 is 0 Å². The fourth-order valence-electron chi connectivity index (χ4n) is 1.69. The molecule has 1 heterocycles. The predicted octanol–water partition coefficient (Wildman–Crippen LogP) is 3.16. The summed E-state index contributed by atoms with van der Waals surface area (Å²) in [6.07, 6.45) is -2.84. The molecule has 0 atom stereocenters. The highest BCUT2D eigenvalue weighted by Crippen LogP contribution is 2.43. The van der Waals surface area contributed by atoms with Gasteiger partial charge in [0.15, 0.2) is 0 Å². The molecule has 0 N–H and O–H groups in total. The minimum absolute atomic E-state index is 0.0376. The molecule has 1 fully saturated rings. The minimum Gasteiger partial charge on any atom is -0.256 e. The fraction of sp³-hybridized carbons (Fsp3) is 0.455. The first-order valence-electron chi connectivity index (χ1n) is 4.92. The third-order valence-corrected chi connectivity index (χ3v) is 2.56. The molecule has 2 rings (SSSR count). The number of aromatic nitrogens is 1. The van der Waals surface area contributed by atoms with Crippen molar-refractivity contribution in [2.45, 2.75) is 31.9 Å². The van der Waals surface area contributed by atoms with Gasteiger partial charge in [0, 0.05) is 11.6 Å². The Labute approximate surface area is 90.7 Å². The van der Waals surface area contributed by atoms with E-state index >= 15 is 0 Å². The van der Waals surface area contributed by atoms with E-state index < -0.39 is 11.7 Å². The van der Waals surface area contributed by atoms with E-state index in [1.54, 1.807) is 6.07 Å². The number of halogens is 3. The maximum Gasteiger partial charge on any atom is 0.417 e. The Morgan fingerprint density at radius 2 is 2.06 bits per heavy atom. The maximum absolute atomic E-state index is 12.7. The zero-order valence-electron chi connectivity index (χ0n) is 8.60. The number of nitrogens with zero attached hydrogens (tertiary/aromatic N) is 2. The lowest BCUT2D eigenvalue weighted by atomic mass is 10.0. The van der Waals surface area contributed by atoms with E-state index in [4.69, 9.17) is 5.26 Å². The van der Waals surface area contributed by atoms with Gasteiger partial charge in [0.2, 0.25) is 0 Å². The molecule has 0 saturated heterocycles. The van der Waals surface area contributed by atoms with Crippen LogP contribution in [0, 0.1) is 18.3 Å². The SMILES string of the molecule is Cc1cc(C(F)(F)F)c(C#N)c(C2CC2)n1. The van der Waals surface area contributed by atoms with E-state index in [0.29, 0.717) is 11.4 Å². The molecule has 84 valence electrons. The zero-order chi connectivity index (χ0) is 11.9. The Bertz CT molecular complexity index is 467. The number of pyridine rings is 1. The molecule has 0 bridgehead atoms. The quantitative estimate of drug-likeness (QED) is 0.737. The third-order valence-electron chi connectivity index (χ3n) is 2.56. The largest absolute Gasteiger partial charge is 0.417 e. The van der Waals surface area contributed by atoms with E-state index in [1.165, 1.54) is 6.92 Å². The van der Waals surface area contributed by atoms with Crippen LogP contribution < -0.4 is 0 Å². The van der Waals surface area contributed by atoms with Crippen molar-refractivity contribution < 1.29 is 13.2 Å². The molecule has 0 radical (unpaired) electrons. The van der Waals surface area contributed by atoms with Crippen LogP contribution in [-0.4, -0.2) is 4.98 Å². The summed E-state index contributed by atoms with van der Waals surface area (Å²) in [7, 11) is 0. The van der Waals surface area contributed by atoms with Crippen LogP contribution >= 0.6 is 0 Å². The van der Waals surface area contributed by atoms with Crippen LogP contribution in [-0.2, 0) is 6.18 Å². The van der Waals surface area contributed by atoms with Crippen LogP contribution in [0.25, 0.3) is 0 Å². The number of alkyl halides is 3. The van der Waals surface area contributed by atoms with Crippen molar-refractivity contribution in [2.75, 3.05) is 0 Å². The van der Waals surface area contributed by atoms with Crippen LogP contribution in [0.5, 0.6) is 0 Å². The van der Waals surface area contributed by atoms with Crippen LogP contribution in [0.3, 0.4) is 0 Å². The highest BCUT2D eigenvalue weighted by Gasteiger charge is 2.38. The Hall–Kier alpha value is -1.57. The molecular weight excluding hydrogens is 217 g/mol. The van der Waals surface area contributed by atoms with Gasteiger partial charge in [-0.05, 0) is 25.8 Å². The van der Waals surface area contributed by atoms with Crippen molar-refractivity contribution in [3.63, 3.8) is 0 Å². The normalized spacial score (nSPS) is 15.9. The molecule has 5 heteroatoms. The molecule has 16 heavy (non-hydrogen) atoms. The number of aryl methyl sites for hydroxylation is 1. The second-order valence-corrected chi connectivity index (χ2v) is 3.96. The number of rotatable bonds is 1. The standard InChI is InChI=1S/C11H9F3N2/c1-6-4-9(11(12,13)14)8(5-15)10(16-6)7-2-3-7/h4,7H,2-3H2,1H3. The van der Waals surface area contributed by atoms with Gasteiger partial charge in [-0.1, -0.05) is 0 Å². The highest BCUT2D eigenvalue weighted by molar-refractivity contribution is 5.46. The van der Waals surface area contributed by atoms with Gasteiger partial charge in [0.05, 0.1) is 16.8 Å². The second-order valence-electron chi connectivity index (χ2n) is 3.96. The van der Waals surface area contributed by atoms with E-state index in [2.05, 4.69) is 4.98 Å². The number of hydrogen-bond acceptors (Lipinski definition) is 2. The molecule has 2 nitrogen and oxygen atoms in total. The van der Waals surface area contributed by atoms with Crippen LogP contribution in [0.4, 0.5) is 13.2 Å².